The Morgan fingerprint density at radius 3 is 2.71 bits per heavy atom. The van der Waals surface area contributed by atoms with Gasteiger partial charge in [-0.3, -0.25) is 0 Å². The minimum absolute atomic E-state index is 0.495. The van der Waals surface area contributed by atoms with Gasteiger partial charge in [0.05, 0.1) is 0 Å². The number of hydrogen-bond donors (Lipinski definition) is 1. The number of nitrogens with zero attached hydrogens (tertiary/aromatic N) is 2. The van der Waals surface area contributed by atoms with Crippen molar-refractivity contribution in [3.63, 3.8) is 0 Å². The summed E-state index contributed by atoms with van der Waals surface area (Å²) in [6, 6.07) is 8.37. The largest absolute Gasteiger partial charge is 0.340 e. The Balaban J connectivity index is 1.94. The van der Waals surface area contributed by atoms with Gasteiger partial charge in [-0.1, -0.05) is 43.1 Å². The summed E-state index contributed by atoms with van der Waals surface area (Å²) in [5.41, 5.74) is 3.33. The molecule has 1 N–H and O–H groups in total. The molecule has 0 amide bonds. The van der Waals surface area contributed by atoms with Gasteiger partial charge in [-0.15, -0.1) is 0 Å². The van der Waals surface area contributed by atoms with Crippen LogP contribution in [0.2, 0.25) is 5.15 Å². The SMILES string of the molecule is CCCc1ccccc1Nc1nc(C2CC2)nc(Cl)c1C. The molecular formula is C17H20ClN3. The number of aromatic nitrogens is 2. The van der Waals surface area contributed by atoms with Gasteiger partial charge in [0.25, 0.3) is 0 Å². The fraction of sp³-hybridized carbons (Fsp3) is 0.412. The average Bonchev–Trinajstić information content (AvgIpc) is 3.30. The van der Waals surface area contributed by atoms with Crippen molar-refractivity contribution >= 4 is 23.1 Å². The molecule has 3 rings (SSSR count). The highest BCUT2D eigenvalue weighted by molar-refractivity contribution is 6.30. The smallest absolute Gasteiger partial charge is 0.138 e. The van der Waals surface area contributed by atoms with Crippen molar-refractivity contribution in [2.75, 3.05) is 5.32 Å². The zero-order valence-corrected chi connectivity index (χ0v) is 13.2. The molecule has 1 saturated carbocycles. The summed E-state index contributed by atoms with van der Waals surface area (Å²) in [6.07, 6.45) is 4.52. The molecular weight excluding hydrogens is 282 g/mol. The van der Waals surface area contributed by atoms with Crippen LogP contribution in [0.4, 0.5) is 11.5 Å². The van der Waals surface area contributed by atoms with E-state index in [2.05, 4.69) is 40.4 Å². The number of anilines is 2. The third kappa shape index (κ3) is 3.18. The van der Waals surface area contributed by atoms with Crippen LogP contribution in [0.1, 0.15) is 49.1 Å². The Kier molecular flexibility index (Phi) is 4.11. The van der Waals surface area contributed by atoms with E-state index in [9.17, 15) is 0 Å². The van der Waals surface area contributed by atoms with E-state index >= 15 is 0 Å². The van der Waals surface area contributed by atoms with Crippen molar-refractivity contribution in [1.82, 2.24) is 9.97 Å². The third-order valence-corrected chi connectivity index (χ3v) is 4.20. The Hall–Kier alpha value is -1.61. The molecule has 1 aromatic carbocycles. The first-order chi connectivity index (χ1) is 10.2. The van der Waals surface area contributed by atoms with Gasteiger partial charge in [0, 0.05) is 17.2 Å². The number of hydrogen-bond acceptors (Lipinski definition) is 3. The van der Waals surface area contributed by atoms with Crippen molar-refractivity contribution in [1.29, 1.82) is 0 Å². The third-order valence-electron chi connectivity index (χ3n) is 3.84. The summed E-state index contributed by atoms with van der Waals surface area (Å²) >= 11 is 6.27. The number of halogens is 1. The first kappa shape index (κ1) is 14.3. The second-order valence-electron chi connectivity index (χ2n) is 5.65. The van der Waals surface area contributed by atoms with Crippen LogP contribution in [0, 0.1) is 6.92 Å². The number of para-hydroxylation sites is 1. The molecule has 110 valence electrons. The monoisotopic (exact) mass is 301 g/mol. The van der Waals surface area contributed by atoms with E-state index in [4.69, 9.17) is 11.6 Å². The maximum Gasteiger partial charge on any atom is 0.138 e. The van der Waals surface area contributed by atoms with Crippen LogP contribution in [-0.4, -0.2) is 9.97 Å². The van der Waals surface area contributed by atoms with Gasteiger partial charge >= 0.3 is 0 Å². The van der Waals surface area contributed by atoms with E-state index in [-0.39, 0.29) is 0 Å². The highest BCUT2D eigenvalue weighted by atomic mass is 35.5. The number of nitrogens with one attached hydrogen (secondary N) is 1. The Morgan fingerprint density at radius 2 is 2.00 bits per heavy atom. The zero-order valence-electron chi connectivity index (χ0n) is 12.5. The fourth-order valence-electron chi connectivity index (χ4n) is 2.41. The highest BCUT2D eigenvalue weighted by Gasteiger charge is 2.28. The molecule has 0 unspecified atom stereocenters. The first-order valence-electron chi connectivity index (χ1n) is 7.58. The highest BCUT2D eigenvalue weighted by Crippen LogP contribution is 2.39. The quantitative estimate of drug-likeness (QED) is 0.789. The fourth-order valence-corrected chi connectivity index (χ4v) is 2.58. The van der Waals surface area contributed by atoms with Crippen LogP contribution in [0.3, 0.4) is 0 Å². The van der Waals surface area contributed by atoms with Gasteiger partial charge in [0.1, 0.15) is 16.8 Å². The Morgan fingerprint density at radius 1 is 1.24 bits per heavy atom. The van der Waals surface area contributed by atoms with Crippen molar-refractivity contribution in [3.8, 4) is 0 Å². The summed E-state index contributed by atoms with van der Waals surface area (Å²) in [4.78, 5) is 9.10. The van der Waals surface area contributed by atoms with Crippen LogP contribution in [-0.2, 0) is 6.42 Å². The van der Waals surface area contributed by atoms with Gasteiger partial charge in [0.2, 0.25) is 0 Å². The first-order valence-corrected chi connectivity index (χ1v) is 7.95. The molecule has 0 atom stereocenters. The van der Waals surface area contributed by atoms with E-state index in [0.29, 0.717) is 11.1 Å². The Labute approximate surface area is 130 Å². The summed E-state index contributed by atoms with van der Waals surface area (Å²) < 4.78 is 0. The maximum atomic E-state index is 6.27. The summed E-state index contributed by atoms with van der Waals surface area (Å²) in [6.45, 7) is 4.15. The summed E-state index contributed by atoms with van der Waals surface area (Å²) in [5.74, 6) is 2.20. The van der Waals surface area contributed by atoms with E-state index < -0.39 is 0 Å². The van der Waals surface area contributed by atoms with Gasteiger partial charge in [-0.05, 0) is 37.8 Å². The molecule has 0 radical (unpaired) electrons. The topological polar surface area (TPSA) is 37.8 Å². The molecule has 0 saturated heterocycles. The van der Waals surface area contributed by atoms with E-state index in [1.807, 2.05) is 13.0 Å². The molecule has 1 aromatic heterocycles. The predicted molar refractivity (Wildman–Crippen MR) is 87.5 cm³/mol. The van der Waals surface area contributed by atoms with E-state index in [1.165, 1.54) is 18.4 Å². The Bertz CT molecular complexity index is 650. The summed E-state index contributed by atoms with van der Waals surface area (Å²) in [7, 11) is 0. The lowest BCUT2D eigenvalue weighted by atomic mass is 10.1. The molecule has 0 spiro atoms. The number of aryl methyl sites for hydroxylation is 1. The molecule has 0 aliphatic heterocycles. The van der Waals surface area contributed by atoms with Crippen LogP contribution in [0.15, 0.2) is 24.3 Å². The number of benzene rings is 1. The lowest BCUT2D eigenvalue weighted by molar-refractivity contribution is 0.914. The summed E-state index contributed by atoms with van der Waals surface area (Å²) in [5, 5.41) is 4.01. The van der Waals surface area contributed by atoms with E-state index in [1.54, 1.807) is 0 Å². The second-order valence-corrected chi connectivity index (χ2v) is 6.01. The van der Waals surface area contributed by atoms with Crippen LogP contribution >= 0.6 is 11.6 Å². The van der Waals surface area contributed by atoms with Crippen molar-refractivity contribution in [3.05, 3.63) is 46.4 Å². The normalized spacial score (nSPS) is 14.2. The maximum absolute atomic E-state index is 6.27. The van der Waals surface area contributed by atoms with Crippen LogP contribution in [0.5, 0.6) is 0 Å². The van der Waals surface area contributed by atoms with Gasteiger partial charge in [-0.25, -0.2) is 9.97 Å². The lowest BCUT2D eigenvalue weighted by Gasteiger charge is -2.14. The average molecular weight is 302 g/mol. The van der Waals surface area contributed by atoms with Crippen LogP contribution < -0.4 is 5.32 Å². The molecule has 1 aliphatic carbocycles. The second kappa shape index (κ2) is 6.02. The molecule has 1 heterocycles. The van der Waals surface area contributed by atoms with Gasteiger partial charge < -0.3 is 5.32 Å². The standard InChI is InChI=1S/C17H20ClN3/c1-3-6-12-7-4-5-8-14(12)19-16-11(2)15(18)20-17(21-16)13-9-10-13/h4-5,7-8,13H,3,6,9-10H2,1-2H3,(H,19,20,21). The molecule has 0 bridgehead atoms. The van der Waals surface area contributed by atoms with Crippen molar-refractivity contribution in [2.45, 2.75) is 45.4 Å². The minimum Gasteiger partial charge on any atom is -0.340 e. The van der Waals surface area contributed by atoms with E-state index in [0.717, 1.165) is 35.7 Å². The molecule has 21 heavy (non-hydrogen) atoms. The predicted octanol–water partition coefficient (Wildman–Crippen LogP) is 5.01. The minimum atomic E-state index is 0.495. The molecule has 3 nitrogen and oxygen atoms in total. The molecule has 1 aliphatic rings. The van der Waals surface area contributed by atoms with Crippen LogP contribution in [0.25, 0.3) is 0 Å². The van der Waals surface area contributed by atoms with Gasteiger partial charge in [0.15, 0.2) is 0 Å². The lowest BCUT2D eigenvalue weighted by Crippen LogP contribution is -2.04. The number of rotatable bonds is 5. The molecule has 2 aromatic rings. The molecule has 4 heteroatoms. The van der Waals surface area contributed by atoms with Gasteiger partial charge in [-0.2, -0.15) is 0 Å². The molecule has 1 fully saturated rings. The van der Waals surface area contributed by atoms with Crippen molar-refractivity contribution < 1.29 is 0 Å². The zero-order chi connectivity index (χ0) is 14.8. The van der Waals surface area contributed by atoms with Crippen molar-refractivity contribution in [2.24, 2.45) is 0 Å².